The van der Waals surface area contributed by atoms with Crippen molar-refractivity contribution >= 4 is 52.9 Å². The highest BCUT2D eigenvalue weighted by molar-refractivity contribution is 6.28. The third-order valence-corrected chi connectivity index (χ3v) is 7.95. The fraction of sp³-hybridized carbons (Fsp3) is 0.326. The van der Waals surface area contributed by atoms with Crippen molar-refractivity contribution in [2.24, 2.45) is 0 Å². The van der Waals surface area contributed by atoms with Crippen LogP contribution in [0.1, 0.15) is 68.1 Å². The molecule has 1 amide bonds. The molecule has 17 nitrogen and oxygen atoms in total. The first-order valence-electron chi connectivity index (χ1n) is 19.0. The number of aryl methyl sites for hydroxylation is 1. The Bertz CT molecular complexity index is 2480. The average Bonchev–Trinajstić information content (AvgIpc) is 3.85. The highest BCUT2D eigenvalue weighted by atomic mass is 35.5. The molecule has 0 spiro atoms. The summed E-state index contributed by atoms with van der Waals surface area (Å²) in [5.74, 6) is 1.94. The molecule has 18 heteroatoms. The lowest BCUT2D eigenvalue weighted by Gasteiger charge is -2.27. The van der Waals surface area contributed by atoms with Gasteiger partial charge in [-0.25, -0.2) is 39.2 Å². The van der Waals surface area contributed by atoms with Crippen LogP contribution in [0, 0.1) is 6.92 Å². The first-order chi connectivity index (χ1) is 28.6. The van der Waals surface area contributed by atoms with E-state index in [0.29, 0.717) is 40.0 Å². The summed E-state index contributed by atoms with van der Waals surface area (Å²) in [5, 5.41) is 11.5. The molecule has 0 radical (unpaired) electrons. The first kappa shape index (κ1) is 45.2. The number of ether oxygens (including phenoxy) is 4. The van der Waals surface area contributed by atoms with Gasteiger partial charge >= 0.3 is 18.3 Å². The molecule has 0 aliphatic carbocycles. The number of aromatic nitrogens is 8. The van der Waals surface area contributed by atoms with Gasteiger partial charge in [-0.15, -0.1) is 0 Å². The number of nitrogens with one attached hydrogen (secondary N) is 1. The largest absolute Gasteiger partial charge is 0.496 e. The van der Waals surface area contributed by atoms with Gasteiger partial charge in [-0.2, -0.15) is 19.6 Å². The number of benzene rings is 2. The fourth-order valence-corrected chi connectivity index (χ4v) is 5.46. The molecule has 1 N–H and O–H groups in total. The smallest absolute Gasteiger partial charge is 0.435 e. The molecule has 6 aromatic rings. The predicted molar refractivity (Wildman–Crippen MR) is 231 cm³/mol. The van der Waals surface area contributed by atoms with Crippen molar-refractivity contribution in [3.05, 3.63) is 103 Å². The molecule has 0 unspecified atom stereocenters. The minimum atomic E-state index is -0.711. The third kappa shape index (κ3) is 13.1. The van der Waals surface area contributed by atoms with Crippen molar-refractivity contribution in [1.29, 1.82) is 0 Å². The zero-order valence-electron chi connectivity index (χ0n) is 35.9. The molecule has 0 saturated carbocycles. The molecule has 320 valence electrons. The maximum atomic E-state index is 13.2. The van der Waals surface area contributed by atoms with Crippen molar-refractivity contribution in [2.75, 3.05) is 17.3 Å². The van der Waals surface area contributed by atoms with Gasteiger partial charge in [-0.05, 0) is 123 Å². The molecule has 0 aliphatic heterocycles. The second-order valence-electron chi connectivity index (χ2n) is 16.4. The van der Waals surface area contributed by atoms with Gasteiger partial charge in [0, 0.05) is 53.2 Å². The minimum absolute atomic E-state index is 0.182. The molecule has 2 aromatic carbocycles. The van der Waals surface area contributed by atoms with E-state index >= 15 is 0 Å². The molecular weight excluding hydrogens is 804 g/mol. The molecule has 6 rings (SSSR count). The van der Waals surface area contributed by atoms with Crippen molar-refractivity contribution in [2.45, 2.75) is 86.0 Å². The number of nitrogens with zero attached hydrogens (tertiary/aromatic N) is 9. The van der Waals surface area contributed by atoms with Gasteiger partial charge in [0.05, 0.1) is 25.2 Å². The average molecular weight is 853 g/mol. The number of rotatable bonds is 7. The van der Waals surface area contributed by atoms with Crippen LogP contribution in [-0.2, 0) is 14.2 Å². The van der Waals surface area contributed by atoms with Gasteiger partial charge in [0.25, 0.3) is 0 Å². The number of hydrogen-bond acceptors (Lipinski definition) is 14. The van der Waals surface area contributed by atoms with E-state index in [1.54, 1.807) is 116 Å². The van der Waals surface area contributed by atoms with Crippen LogP contribution in [0.15, 0.2) is 91.8 Å². The van der Waals surface area contributed by atoms with E-state index in [1.807, 2.05) is 45.0 Å². The summed E-state index contributed by atoms with van der Waals surface area (Å²) in [6.45, 7) is 17.9. The van der Waals surface area contributed by atoms with Gasteiger partial charge in [-0.3, -0.25) is 0 Å². The number of carbonyl (C=O) groups excluding carboxylic acids is 3. The molecule has 0 saturated heterocycles. The maximum absolute atomic E-state index is 13.2. The zero-order valence-corrected chi connectivity index (χ0v) is 36.7. The lowest BCUT2D eigenvalue weighted by Crippen LogP contribution is -2.34. The van der Waals surface area contributed by atoms with Crippen molar-refractivity contribution < 1.29 is 33.3 Å². The molecule has 4 heterocycles. The zero-order chi connectivity index (χ0) is 44.7. The van der Waals surface area contributed by atoms with E-state index in [0.717, 1.165) is 21.5 Å². The second kappa shape index (κ2) is 18.6. The highest BCUT2D eigenvalue weighted by Gasteiger charge is 2.28. The Morgan fingerprint density at radius 3 is 1.82 bits per heavy atom. The summed E-state index contributed by atoms with van der Waals surface area (Å²) in [5.41, 5.74) is 2.46. The second-order valence-corrected chi connectivity index (χ2v) is 16.7. The monoisotopic (exact) mass is 852 g/mol. The third-order valence-electron chi connectivity index (χ3n) is 7.76. The molecular formula is C43H49ClN10O7. The normalized spacial score (nSPS) is 11.5. The molecule has 0 atom stereocenters. The number of hydrogen-bond donors (Lipinski definition) is 1. The molecule has 0 bridgehead atoms. The first-order valence-corrected chi connectivity index (χ1v) is 19.4. The van der Waals surface area contributed by atoms with E-state index in [4.69, 9.17) is 30.5 Å². The van der Waals surface area contributed by atoms with Crippen LogP contribution < -0.4 is 15.0 Å². The molecule has 61 heavy (non-hydrogen) atoms. The lowest BCUT2D eigenvalue weighted by atomic mass is 10.1. The summed E-state index contributed by atoms with van der Waals surface area (Å²) in [6.07, 6.45) is 7.83. The summed E-state index contributed by atoms with van der Waals surface area (Å²) < 4.78 is 24.2. The van der Waals surface area contributed by atoms with Crippen LogP contribution in [0.4, 0.5) is 37.4 Å². The maximum Gasteiger partial charge on any atom is 0.435 e. The van der Waals surface area contributed by atoms with Crippen molar-refractivity contribution in [3.63, 3.8) is 0 Å². The van der Waals surface area contributed by atoms with Gasteiger partial charge < -0.3 is 24.3 Å². The van der Waals surface area contributed by atoms with Crippen LogP contribution in [0.2, 0.25) is 5.28 Å². The lowest BCUT2D eigenvalue weighted by molar-refractivity contribution is 0.0503. The van der Waals surface area contributed by atoms with Crippen LogP contribution in [0.25, 0.3) is 22.3 Å². The highest BCUT2D eigenvalue weighted by Crippen LogP contribution is 2.36. The Kier molecular flexibility index (Phi) is 13.8. The van der Waals surface area contributed by atoms with Gasteiger partial charge in [0.2, 0.25) is 5.28 Å². The van der Waals surface area contributed by atoms with Crippen molar-refractivity contribution in [1.82, 2.24) is 39.5 Å². The Labute approximate surface area is 359 Å². The van der Waals surface area contributed by atoms with E-state index < -0.39 is 35.1 Å². The Hall–Kier alpha value is -6.88. The van der Waals surface area contributed by atoms with E-state index in [1.165, 1.54) is 16.7 Å². The van der Waals surface area contributed by atoms with Crippen LogP contribution in [-0.4, -0.2) is 81.7 Å². The van der Waals surface area contributed by atoms with Gasteiger partial charge in [0.1, 0.15) is 40.0 Å². The summed E-state index contributed by atoms with van der Waals surface area (Å²) >= 11 is 5.77. The topological polar surface area (TPSA) is 191 Å². The Balaban J connectivity index is 0.000000241. The molecule has 4 aromatic heterocycles. The quantitative estimate of drug-likeness (QED) is 0.118. The van der Waals surface area contributed by atoms with Crippen LogP contribution in [0.3, 0.4) is 0 Å². The van der Waals surface area contributed by atoms with Crippen LogP contribution in [0.5, 0.6) is 5.75 Å². The summed E-state index contributed by atoms with van der Waals surface area (Å²) in [6, 6.07) is 16.2. The van der Waals surface area contributed by atoms with Gasteiger partial charge in [-0.1, -0.05) is 12.1 Å². The van der Waals surface area contributed by atoms with E-state index in [9.17, 15) is 14.4 Å². The van der Waals surface area contributed by atoms with Crippen molar-refractivity contribution in [3.8, 4) is 28.0 Å². The van der Waals surface area contributed by atoms with Gasteiger partial charge in [0.15, 0.2) is 0 Å². The molecule has 0 aliphatic rings. The minimum Gasteiger partial charge on any atom is -0.496 e. The predicted octanol–water partition coefficient (Wildman–Crippen LogP) is 10.0. The number of halogens is 1. The number of anilines is 4. The number of amides is 1. The van der Waals surface area contributed by atoms with E-state index in [2.05, 4.69) is 35.5 Å². The van der Waals surface area contributed by atoms with Crippen LogP contribution >= 0.6 is 11.6 Å². The SMILES string of the molecule is CC(C)(C)OC(=O)n1cc(-c2ccc(Nc3ccnc(Cl)n3)cc2)cn1.COc1cc(N(C(=O)OC(C)(C)C)c2ccnc(C)n2)ccc1-c1cnn(C(=O)OC(C)(C)C)c1. The Morgan fingerprint density at radius 1 is 0.689 bits per heavy atom. The number of carbonyl (C=O) groups is 3. The fourth-order valence-electron chi connectivity index (χ4n) is 5.31. The number of methoxy groups -OCH3 is 1. The standard InChI is InChI=1S/C25H31N5O5.C18H18ClN5O2/c1-16-26-12-11-21(28-16)30(23(32)35-25(5,6)7)18-9-10-19(20(13-18)33-8)17-14-27-29(15-17)22(31)34-24(2,3)4;1-18(2,3)26-17(25)24-11-13(10-21-24)12-4-6-14(7-5-12)22-15-8-9-20-16(19)23-15/h9-15H,1-8H3;4-11H,1-3H3,(H,20,22,23). The van der Waals surface area contributed by atoms with E-state index in [-0.39, 0.29) is 5.28 Å². The molecule has 0 fully saturated rings. The summed E-state index contributed by atoms with van der Waals surface area (Å²) in [4.78, 5) is 55.3. The summed E-state index contributed by atoms with van der Waals surface area (Å²) in [7, 11) is 1.52. The Morgan fingerprint density at radius 2 is 1.26 bits per heavy atom.